The van der Waals surface area contributed by atoms with Crippen LogP contribution in [0.2, 0.25) is 10.0 Å². The Morgan fingerprint density at radius 1 is 1.19 bits per heavy atom. The highest BCUT2D eigenvalue weighted by Crippen LogP contribution is 2.38. The van der Waals surface area contributed by atoms with Crippen LogP contribution in [0.4, 0.5) is 5.69 Å². The number of hydrogen-bond acceptors (Lipinski definition) is 4. The monoisotopic (exact) mass is 407 g/mol. The summed E-state index contributed by atoms with van der Waals surface area (Å²) in [5, 5.41) is 2.66. The molecule has 134 valence electrons. The summed E-state index contributed by atoms with van der Waals surface area (Å²) in [6.07, 6.45) is 1.73. The molecule has 0 spiro atoms. The summed E-state index contributed by atoms with van der Waals surface area (Å²) in [5.74, 6) is -0.868. The van der Waals surface area contributed by atoms with E-state index in [4.69, 9.17) is 27.9 Å². The molecule has 4 nitrogen and oxygen atoms in total. The standard InChI is InChI=1S/C19H15Cl2NO3S/c1-10-6-7-26-16(10)9-13-17(19(24)25-3)11(2)22(18(13)23)12-4-5-14(20)15(21)8-12/h4-9H,1-3H3. The number of ether oxygens (including phenoxy) is 1. The Hall–Kier alpha value is -2.08. The summed E-state index contributed by atoms with van der Waals surface area (Å²) in [4.78, 5) is 27.8. The molecule has 3 rings (SSSR count). The molecule has 0 radical (unpaired) electrons. The largest absolute Gasteiger partial charge is 0.465 e. The average Bonchev–Trinajstić information content (AvgIpc) is 3.12. The second kappa shape index (κ2) is 7.27. The fraction of sp³-hybridized carbons (Fsp3) is 0.158. The molecule has 0 N–H and O–H groups in total. The molecule has 26 heavy (non-hydrogen) atoms. The van der Waals surface area contributed by atoms with Crippen molar-refractivity contribution in [3.8, 4) is 0 Å². The van der Waals surface area contributed by atoms with Gasteiger partial charge in [-0.2, -0.15) is 0 Å². The van der Waals surface area contributed by atoms with Gasteiger partial charge < -0.3 is 4.74 Å². The van der Waals surface area contributed by atoms with Crippen molar-refractivity contribution in [3.63, 3.8) is 0 Å². The first-order chi connectivity index (χ1) is 12.3. The molecule has 2 heterocycles. The molecule has 1 aromatic heterocycles. The van der Waals surface area contributed by atoms with Crippen LogP contribution in [0.15, 0.2) is 46.5 Å². The summed E-state index contributed by atoms with van der Waals surface area (Å²) in [6, 6.07) is 6.85. The van der Waals surface area contributed by atoms with E-state index in [-0.39, 0.29) is 11.5 Å². The first-order valence-corrected chi connectivity index (χ1v) is 9.33. The summed E-state index contributed by atoms with van der Waals surface area (Å²) >= 11 is 13.6. The molecule has 0 saturated heterocycles. The Balaban J connectivity index is 2.16. The van der Waals surface area contributed by atoms with E-state index >= 15 is 0 Å². The zero-order chi connectivity index (χ0) is 19.0. The van der Waals surface area contributed by atoms with Crippen molar-refractivity contribution in [1.29, 1.82) is 0 Å². The smallest absolute Gasteiger partial charge is 0.340 e. The molecular weight excluding hydrogens is 393 g/mol. The zero-order valence-corrected chi connectivity index (χ0v) is 16.6. The number of aryl methyl sites for hydroxylation is 1. The number of anilines is 1. The van der Waals surface area contributed by atoms with Crippen molar-refractivity contribution in [2.45, 2.75) is 13.8 Å². The number of carbonyl (C=O) groups excluding carboxylic acids is 2. The van der Waals surface area contributed by atoms with Gasteiger partial charge in [-0.1, -0.05) is 23.2 Å². The van der Waals surface area contributed by atoms with E-state index in [2.05, 4.69) is 0 Å². The number of hydrogen-bond donors (Lipinski definition) is 0. The molecular formula is C19H15Cl2NO3S. The summed E-state index contributed by atoms with van der Waals surface area (Å²) in [5.41, 5.74) is 2.60. The third-order valence-corrected chi connectivity index (χ3v) is 5.83. The molecule has 1 amide bonds. The topological polar surface area (TPSA) is 46.6 Å². The molecule has 0 atom stereocenters. The Bertz CT molecular complexity index is 975. The minimum absolute atomic E-state index is 0.247. The van der Waals surface area contributed by atoms with E-state index in [0.717, 1.165) is 10.4 Å². The molecule has 0 aliphatic carbocycles. The summed E-state index contributed by atoms with van der Waals surface area (Å²) in [6.45, 7) is 3.65. The van der Waals surface area contributed by atoms with Gasteiger partial charge in [0.2, 0.25) is 0 Å². The summed E-state index contributed by atoms with van der Waals surface area (Å²) < 4.78 is 4.90. The number of carbonyl (C=O) groups is 2. The van der Waals surface area contributed by atoms with Crippen LogP contribution in [0.3, 0.4) is 0 Å². The second-order valence-corrected chi connectivity index (χ2v) is 7.48. The second-order valence-electron chi connectivity index (χ2n) is 5.72. The van der Waals surface area contributed by atoms with Crippen molar-refractivity contribution in [2.24, 2.45) is 0 Å². The van der Waals surface area contributed by atoms with Crippen LogP contribution in [0.25, 0.3) is 6.08 Å². The SMILES string of the molecule is COC(=O)C1=C(C)N(c2ccc(Cl)c(Cl)c2)C(=O)C1=Cc1sccc1C. The number of amides is 1. The lowest BCUT2D eigenvalue weighted by atomic mass is 10.1. The van der Waals surface area contributed by atoms with Gasteiger partial charge in [0, 0.05) is 10.6 Å². The highest BCUT2D eigenvalue weighted by Gasteiger charge is 2.38. The zero-order valence-electron chi connectivity index (χ0n) is 14.3. The minimum atomic E-state index is -0.557. The van der Waals surface area contributed by atoms with Gasteiger partial charge >= 0.3 is 5.97 Å². The molecule has 0 saturated carbocycles. The molecule has 7 heteroatoms. The maximum absolute atomic E-state index is 13.1. The molecule has 2 aromatic rings. The van der Waals surface area contributed by atoms with Gasteiger partial charge in [-0.3, -0.25) is 9.69 Å². The number of benzene rings is 1. The van der Waals surface area contributed by atoms with E-state index in [1.807, 2.05) is 18.4 Å². The lowest BCUT2D eigenvalue weighted by molar-refractivity contribution is -0.136. The minimum Gasteiger partial charge on any atom is -0.465 e. The van der Waals surface area contributed by atoms with Crippen LogP contribution in [0.1, 0.15) is 17.4 Å². The predicted octanol–water partition coefficient (Wildman–Crippen LogP) is 5.24. The number of allylic oxidation sites excluding steroid dienone is 1. The van der Waals surface area contributed by atoms with Gasteiger partial charge in [0.05, 0.1) is 34.0 Å². The van der Waals surface area contributed by atoms with Crippen LogP contribution < -0.4 is 4.90 Å². The molecule has 0 fully saturated rings. The number of nitrogens with zero attached hydrogens (tertiary/aromatic N) is 1. The first kappa shape index (κ1) is 18.7. The molecule has 1 aromatic carbocycles. The van der Waals surface area contributed by atoms with E-state index in [9.17, 15) is 9.59 Å². The fourth-order valence-corrected chi connectivity index (χ4v) is 3.93. The van der Waals surface area contributed by atoms with Crippen LogP contribution in [-0.2, 0) is 14.3 Å². The summed E-state index contributed by atoms with van der Waals surface area (Å²) in [7, 11) is 1.29. The Kier molecular flexibility index (Phi) is 5.23. The average molecular weight is 408 g/mol. The Labute approximate surface area is 165 Å². The first-order valence-electron chi connectivity index (χ1n) is 7.70. The maximum atomic E-state index is 13.1. The van der Waals surface area contributed by atoms with Gasteiger partial charge in [0.1, 0.15) is 0 Å². The van der Waals surface area contributed by atoms with Crippen molar-refractivity contribution < 1.29 is 14.3 Å². The van der Waals surface area contributed by atoms with E-state index in [0.29, 0.717) is 27.0 Å². The van der Waals surface area contributed by atoms with Gasteiger partial charge in [-0.05, 0) is 55.1 Å². The van der Waals surface area contributed by atoms with E-state index < -0.39 is 5.97 Å². The van der Waals surface area contributed by atoms with E-state index in [1.165, 1.54) is 23.3 Å². The highest BCUT2D eigenvalue weighted by atomic mass is 35.5. The third-order valence-electron chi connectivity index (χ3n) is 4.13. The predicted molar refractivity (Wildman–Crippen MR) is 106 cm³/mol. The normalized spacial score (nSPS) is 16.0. The van der Waals surface area contributed by atoms with Gasteiger partial charge in [0.15, 0.2) is 0 Å². The van der Waals surface area contributed by atoms with Crippen molar-refractivity contribution in [2.75, 3.05) is 12.0 Å². The third kappa shape index (κ3) is 3.18. The number of halogens is 2. The van der Waals surface area contributed by atoms with Crippen LogP contribution in [0.5, 0.6) is 0 Å². The van der Waals surface area contributed by atoms with Crippen LogP contribution in [-0.4, -0.2) is 19.0 Å². The van der Waals surface area contributed by atoms with Gasteiger partial charge in [-0.15, -0.1) is 11.3 Å². The Morgan fingerprint density at radius 2 is 1.92 bits per heavy atom. The number of thiophene rings is 1. The molecule has 0 unspecified atom stereocenters. The number of methoxy groups -OCH3 is 1. The van der Waals surface area contributed by atoms with Gasteiger partial charge in [0.25, 0.3) is 5.91 Å². The number of rotatable bonds is 3. The maximum Gasteiger partial charge on any atom is 0.340 e. The van der Waals surface area contributed by atoms with Crippen molar-refractivity contribution in [3.05, 3.63) is 67.0 Å². The van der Waals surface area contributed by atoms with Gasteiger partial charge in [-0.25, -0.2) is 4.79 Å². The van der Waals surface area contributed by atoms with Crippen molar-refractivity contribution >= 4 is 58.2 Å². The lowest BCUT2D eigenvalue weighted by Crippen LogP contribution is -2.24. The van der Waals surface area contributed by atoms with Crippen LogP contribution >= 0.6 is 34.5 Å². The molecule has 1 aliphatic rings. The molecule has 0 bridgehead atoms. The Morgan fingerprint density at radius 3 is 2.50 bits per heavy atom. The fourth-order valence-electron chi connectivity index (χ4n) is 2.78. The number of esters is 1. The molecule has 1 aliphatic heterocycles. The quantitative estimate of drug-likeness (QED) is 0.516. The lowest BCUT2D eigenvalue weighted by Gasteiger charge is -2.18. The van der Waals surface area contributed by atoms with E-state index in [1.54, 1.807) is 31.2 Å². The van der Waals surface area contributed by atoms with Crippen LogP contribution in [0, 0.1) is 6.92 Å². The highest BCUT2D eigenvalue weighted by molar-refractivity contribution is 7.11. The van der Waals surface area contributed by atoms with Crippen molar-refractivity contribution in [1.82, 2.24) is 0 Å².